The van der Waals surface area contributed by atoms with E-state index in [1.54, 1.807) is 25.1 Å². The van der Waals surface area contributed by atoms with Crippen LogP contribution in [0.3, 0.4) is 0 Å². The van der Waals surface area contributed by atoms with Crippen LogP contribution in [0.4, 0.5) is 5.69 Å². The van der Waals surface area contributed by atoms with Crippen LogP contribution >= 0.6 is 11.6 Å². The zero-order valence-corrected chi connectivity index (χ0v) is 13.2. The van der Waals surface area contributed by atoms with Gasteiger partial charge in [0.1, 0.15) is 11.8 Å². The van der Waals surface area contributed by atoms with Crippen molar-refractivity contribution in [2.24, 2.45) is 21.9 Å². The van der Waals surface area contributed by atoms with Gasteiger partial charge in [0.15, 0.2) is 0 Å². The van der Waals surface area contributed by atoms with Crippen LogP contribution in [0.15, 0.2) is 39.7 Å². The summed E-state index contributed by atoms with van der Waals surface area (Å²) in [6, 6.07) is 5.15. The summed E-state index contributed by atoms with van der Waals surface area (Å²) in [6.07, 6.45) is 0. The molecule has 118 valence electrons. The first-order chi connectivity index (χ1) is 10.9. The molecule has 0 aliphatic carbocycles. The smallest absolute Gasteiger partial charge is 0.259 e. The Labute approximate surface area is 137 Å². The van der Waals surface area contributed by atoms with Crippen molar-refractivity contribution in [3.8, 4) is 0 Å². The lowest BCUT2D eigenvalue weighted by Crippen LogP contribution is -2.47. The highest BCUT2D eigenvalue weighted by atomic mass is 35.5. The number of allylic oxidation sites excluding steroid dienone is 1. The van der Waals surface area contributed by atoms with Gasteiger partial charge in [-0.3, -0.25) is 9.59 Å². The molecule has 1 unspecified atom stereocenters. The lowest BCUT2D eigenvalue weighted by atomic mass is 9.90. The maximum atomic E-state index is 12.6. The number of hydrogen-bond donors (Lipinski definition) is 3. The van der Waals surface area contributed by atoms with Crippen LogP contribution in [0, 0.1) is 12.8 Å². The maximum absolute atomic E-state index is 12.6. The van der Waals surface area contributed by atoms with Crippen molar-refractivity contribution in [3.05, 3.63) is 40.1 Å². The number of halogens is 1. The molecule has 2 amide bonds. The summed E-state index contributed by atoms with van der Waals surface area (Å²) in [5, 5.41) is 13.6. The van der Waals surface area contributed by atoms with Crippen LogP contribution in [0.5, 0.6) is 0 Å². The number of aryl methyl sites for hydroxylation is 1. The Kier molecular flexibility index (Phi) is 3.65. The molecule has 0 saturated heterocycles. The second kappa shape index (κ2) is 5.51. The highest BCUT2D eigenvalue weighted by Gasteiger charge is 2.41. The number of amidine groups is 1. The van der Waals surface area contributed by atoms with E-state index in [4.69, 9.17) is 17.3 Å². The van der Waals surface area contributed by atoms with E-state index in [0.717, 1.165) is 5.56 Å². The molecule has 23 heavy (non-hydrogen) atoms. The van der Waals surface area contributed by atoms with Gasteiger partial charge in [0, 0.05) is 16.4 Å². The van der Waals surface area contributed by atoms with E-state index >= 15 is 0 Å². The number of carbonyl (C=O) groups is 2. The van der Waals surface area contributed by atoms with Crippen LogP contribution in [-0.2, 0) is 9.59 Å². The van der Waals surface area contributed by atoms with Crippen LogP contribution in [0.1, 0.15) is 12.5 Å². The van der Waals surface area contributed by atoms with Gasteiger partial charge in [0.25, 0.3) is 5.91 Å². The van der Waals surface area contributed by atoms with Crippen molar-refractivity contribution in [1.82, 2.24) is 5.32 Å². The van der Waals surface area contributed by atoms with E-state index in [1.807, 2.05) is 6.92 Å². The lowest BCUT2D eigenvalue weighted by molar-refractivity contribution is -0.120. The first-order valence-corrected chi connectivity index (χ1v) is 7.27. The summed E-state index contributed by atoms with van der Waals surface area (Å²) in [7, 11) is 0. The molecular weight excluding hydrogens is 318 g/mol. The second-order valence-electron chi connectivity index (χ2n) is 5.35. The lowest BCUT2D eigenvalue weighted by Gasteiger charge is -2.23. The average Bonchev–Trinajstić information content (AvgIpc) is 2.84. The molecule has 2 aliphatic rings. The molecule has 0 saturated carbocycles. The molecule has 0 fully saturated rings. The third-order valence-corrected chi connectivity index (χ3v) is 3.95. The van der Waals surface area contributed by atoms with Crippen LogP contribution in [0.2, 0.25) is 5.02 Å². The molecule has 0 aromatic heterocycles. The molecule has 0 spiro atoms. The monoisotopic (exact) mass is 331 g/mol. The Morgan fingerprint density at radius 2 is 2.09 bits per heavy atom. The number of benzene rings is 1. The van der Waals surface area contributed by atoms with E-state index in [0.29, 0.717) is 16.4 Å². The summed E-state index contributed by atoms with van der Waals surface area (Å²) in [5.74, 6) is -1.45. The minimum atomic E-state index is -0.814. The quantitative estimate of drug-likeness (QED) is 0.760. The molecular formula is C15H14ClN5O2. The molecule has 7 nitrogen and oxygen atoms in total. The molecule has 4 N–H and O–H groups in total. The standard InChI is InChI=1S/C15H14ClN5O2/c1-6-5-8(16)3-4-9(6)19-14(22)10-7(2)18-15(23)11-12(10)20-21-13(11)17/h3-5,11H,1-2H3,(H2,17,21)(H,18,23)(H,19,22). The number of anilines is 1. The summed E-state index contributed by atoms with van der Waals surface area (Å²) in [5.41, 5.74) is 8.09. The summed E-state index contributed by atoms with van der Waals surface area (Å²) >= 11 is 5.91. The van der Waals surface area contributed by atoms with Crippen molar-refractivity contribution >= 4 is 40.6 Å². The fourth-order valence-electron chi connectivity index (χ4n) is 2.57. The van der Waals surface area contributed by atoms with Gasteiger partial charge in [0.2, 0.25) is 5.91 Å². The molecule has 1 atom stereocenters. The van der Waals surface area contributed by atoms with E-state index < -0.39 is 5.92 Å². The highest BCUT2D eigenvalue weighted by molar-refractivity contribution is 6.38. The summed E-state index contributed by atoms with van der Waals surface area (Å²) < 4.78 is 0. The van der Waals surface area contributed by atoms with Crippen molar-refractivity contribution in [2.45, 2.75) is 13.8 Å². The first kappa shape index (κ1) is 15.2. The highest BCUT2D eigenvalue weighted by Crippen LogP contribution is 2.25. The van der Waals surface area contributed by atoms with Crippen molar-refractivity contribution in [3.63, 3.8) is 0 Å². The molecule has 1 aromatic rings. The third kappa shape index (κ3) is 2.59. The summed E-state index contributed by atoms with van der Waals surface area (Å²) in [6.45, 7) is 3.47. The van der Waals surface area contributed by atoms with E-state index in [2.05, 4.69) is 20.8 Å². The van der Waals surface area contributed by atoms with Gasteiger partial charge >= 0.3 is 0 Å². The minimum absolute atomic E-state index is 0.0815. The first-order valence-electron chi connectivity index (χ1n) is 6.89. The number of nitrogens with two attached hydrogens (primary N) is 1. The Bertz CT molecular complexity index is 825. The average molecular weight is 332 g/mol. The number of fused-ring (bicyclic) bond motifs is 1. The molecule has 3 rings (SSSR count). The fraction of sp³-hybridized carbons (Fsp3) is 0.200. The Morgan fingerprint density at radius 1 is 1.35 bits per heavy atom. The molecule has 0 bridgehead atoms. The van der Waals surface area contributed by atoms with E-state index in [-0.39, 0.29) is 28.9 Å². The Morgan fingerprint density at radius 3 is 2.78 bits per heavy atom. The normalized spacial score (nSPS) is 19.8. The number of carbonyl (C=O) groups excluding carboxylic acids is 2. The number of amides is 2. The molecule has 2 heterocycles. The number of nitrogens with one attached hydrogen (secondary N) is 2. The Hall–Kier alpha value is -2.67. The maximum Gasteiger partial charge on any atom is 0.259 e. The number of rotatable bonds is 2. The van der Waals surface area contributed by atoms with Crippen molar-refractivity contribution in [2.75, 3.05) is 5.32 Å². The SMILES string of the molecule is CC1=C(C(=O)Nc2ccc(Cl)cc2C)C2=NN=C(N)C2C(=O)N1. The van der Waals surface area contributed by atoms with Gasteiger partial charge in [-0.15, -0.1) is 5.10 Å². The Balaban J connectivity index is 1.92. The van der Waals surface area contributed by atoms with Crippen molar-refractivity contribution in [1.29, 1.82) is 0 Å². The third-order valence-electron chi connectivity index (χ3n) is 3.71. The van der Waals surface area contributed by atoms with Gasteiger partial charge in [0.05, 0.1) is 11.3 Å². The summed E-state index contributed by atoms with van der Waals surface area (Å²) in [4.78, 5) is 24.6. The molecule has 0 radical (unpaired) electrons. The number of nitrogens with zero attached hydrogens (tertiary/aromatic N) is 2. The zero-order valence-electron chi connectivity index (χ0n) is 12.5. The minimum Gasteiger partial charge on any atom is -0.385 e. The van der Waals surface area contributed by atoms with Crippen LogP contribution in [0.25, 0.3) is 0 Å². The van der Waals surface area contributed by atoms with Gasteiger partial charge in [-0.25, -0.2) is 0 Å². The van der Waals surface area contributed by atoms with E-state index in [1.165, 1.54) is 0 Å². The molecule has 8 heteroatoms. The second-order valence-corrected chi connectivity index (χ2v) is 5.78. The fourth-order valence-corrected chi connectivity index (χ4v) is 2.80. The van der Waals surface area contributed by atoms with Crippen LogP contribution < -0.4 is 16.4 Å². The van der Waals surface area contributed by atoms with Crippen LogP contribution in [-0.4, -0.2) is 23.4 Å². The van der Waals surface area contributed by atoms with Crippen molar-refractivity contribution < 1.29 is 9.59 Å². The number of hydrogen-bond acceptors (Lipinski definition) is 5. The van der Waals surface area contributed by atoms with Gasteiger partial charge < -0.3 is 16.4 Å². The van der Waals surface area contributed by atoms with Gasteiger partial charge in [-0.2, -0.15) is 5.10 Å². The van der Waals surface area contributed by atoms with E-state index in [9.17, 15) is 9.59 Å². The molecule has 1 aromatic carbocycles. The predicted octanol–water partition coefficient (Wildman–Crippen LogP) is 1.33. The predicted molar refractivity (Wildman–Crippen MR) is 88.2 cm³/mol. The van der Waals surface area contributed by atoms with Gasteiger partial charge in [-0.1, -0.05) is 11.6 Å². The zero-order chi connectivity index (χ0) is 16.7. The molecule has 2 aliphatic heterocycles. The topological polar surface area (TPSA) is 109 Å². The van der Waals surface area contributed by atoms with Gasteiger partial charge in [-0.05, 0) is 37.6 Å². The largest absolute Gasteiger partial charge is 0.385 e.